The van der Waals surface area contributed by atoms with Gasteiger partial charge in [-0.3, -0.25) is 0 Å². The zero-order valence-electron chi connectivity index (χ0n) is 8.34. The number of aliphatic hydroxyl groups excluding tert-OH is 1. The van der Waals surface area contributed by atoms with Crippen molar-refractivity contribution in [3.63, 3.8) is 0 Å². The van der Waals surface area contributed by atoms with Crippen LogP contribution >= 0.6 is 0 Å². The third-order valence-electron chi connectivity index (χ3n) is 1.71. The van der Waals surface area contributed by atoms with Crippen LogP contribution in [0.3, 0.4) is 0 Å². The number of hydrogen-bond donors (Lipinski definition) is 1. The number of hydrogen-bond acceptors (Lipinski definition) is 2. The van der Waals surface area contributed by atoms with Gasteiger partial charge in [-0.1, -0.05) is 58.8 Å². The van der Waals surface area contributed by atoms with Gasteiger partial charge in [0.05, 0.1) is 0 Å². The normalized spacial score (nSPS) is 8.08. The quantitative estimate of drug-likeness (QED) is 0.490. The molecule has 0 rings (SSSR count). The molecule has 0 amide bonds. The second kappa shape index (κ2) is 16.7. The Morgan fingerprint density at radius 1 is 0.917 bits per heavy atom. The molecule has 2 nitrogen and oxygen atoms in total. The summed E-state index contributed by atoms with van der Waals surface area (Å²) in [5.41, 5.74) is 0. The highest BCUT2D eigenvalue weighted by molar-refractivity contribution is 4.41. The van der Waals surface area contributed by atoms with E-state index >= 15 is 0 Å². The summed E-state index contributed by atoms with van der Waals surface area (Å²) in [6, 6.07) is 0. The first kappa shape index (κ1) is 13.9. The van der Waals surface area contributed by atoms with Crippen LogP contribution in [0.1, 0.15) is 58.8 Å². The minimum Gasteiger partial charge on any atom is -0.443 e. The predicted molar refractivity (Wildman–Crippen MR) is 51.2 cm³/mol. The van der Waals surface area contributed by atoms with Crippen LogP contribution in [-0.2, 0) is 0 Å². The van der Waals surface area contributed by atoms with Gasteiger partial charge in [0.25, 0.3) is 6.26 Å². The average Bonchev–Trinajstić information content (AvgIpc) is 2.06. The standard InChI is InChI=1S/C9H20.CHNO/c1-3-5-7-9-8-6-4-2;2-1-3/h3-9H2,1-2H3;3H. The Kier molecular flexibility index (Phi) is 19.3. The van der Waals surface area contributed by atoms with Crippen LogP contribution in [0.15, 0.2) is 0 Å². The lowest BCUT2D eigenvalue weighted by molar-refractivity contribution is 0.503. The van der Waals surface area contributed by atoms with Gasteiger partial charge in [-0.25, -0.2) is 0 Å². The number of nitrogens with zero attached hydrogens (tertiary/aromatic N) is 1. The van der Waals surface area contributed by atoms with Crippen molar-refractivity contribution in [1.82, 2.24) is 0 Å². The summed E-state index contributed by atoms with van der Waals surface area (Å²) in [5, 5.41) is 13.8. The van der Waals surface area contributed by atoms with Crippen LogP contribution in [-0.4, -0.2) is 5.11 Å². The smallest absolute Gasteiger partial charge is 0.283 e. The van der Waals surface area contributed by atoms with Crippen molar-refractivity contribution in [2.75, 3.05) is 0 Å². The molecule has 0 fully saturated rings. The molecule has 0 aromatic rings. The molecule has 0 atom stereocenters. The van der Waals surface area contributed by atoms with Crippen LogP contribution in [0.5, 0.6) is 0 Å². The van der Waals surface area contributed by atoms with Gasteiger partial charge < -0.3 is 5.11 Å². The number of nitriles is 1. The van der Waals surface area contributed by atoms with E-state index in [2.05, 4.69) is 13.8 Å². The minimum absolute atomic E-state index is 0.750. The molecule has 0 bridgehead atoms. The van der Waals surface area contributed by atoms with E-state index in [4.69, 9.17) is 10.4 Å². The molecule has 0 aliphatic heterocycles. The summed E-state index contributed by atoms with van der Waals surface area (Å²) in [5.74, 6) is 0. The van der Waals surface area contributed by atoms with Crippen LogP contribution in [0, 0.1) is 11.5 Å². The molecule has 0 radical (unpaired) electrons. The fraction of sp³-hybridized carbons (Fsp3) is 0.900. The molecule has 0 aromatic carbocycles. The molecule has 0 aliphatic carbocycles. The summed E-state index contributed by atoms with van der Waals surface area (Å²) in [6.07, 6.45) is 10.7. The van der Waals surface area contributed by atoms with Crippen molar-refractivity contribution in [1.29, 1.82) is 5.26 Å². The van der Waals surface area contributed by atoms with Crippen molar-refractivity contribution in [2.45, 2.75) is 58.8 Å². The SMILES string of the molecule is CCCCCCCCC.N#CO. The Bertz CT molecular complexity index is 90.5. The Morgan fingerprint density at radius 3 is 1.42 bits per heavy atom. The molecule has 12 heavy (non-hydrogen) atoms. The van der Waals surface area contributed by atoms with Gasteiger partial charge in [0.1, 0.15) is 0 Å². The van der Waals surface area contributed by atoms with E-state index in [-0.39, 0.29) is 0 Å². The highest BCUT2D eigenvalue weighted by Gasteiger charge is 1.85. The average molecular weight is 171 g/mol. The molecule has 0 saturated heterocycles. The Hall–Kier alpha value is -0.710. The third-order valence-corrected chi connectivity index (χ3v) is 1.71. The monoisotopic (exact) mass is 171 g/mol. The van der Waals surface area contributed by atoms with Gasteiger partial charge in [0, 0.05) is 0 Å². The molecule has 0 saturated carbocycles. The molecular formula is C10H21NO. The summed E-state index contributed by atoms with van der Waals surface area (Å²) in [4.78, 5) is 0. The van der Waals surface area contributed by atoms with Crippen LogP contribution < -0.4 is 0 Å². The number of aliphatic hydroxyl groups is 1. The molecule has 0 spiro atoms. The van der Waals surface area contributed by atoms with Crippen molar-refractivity contribution in [2.24, 2.45) is 0 Å². The van der Waals surface area contributed by atoms with Crippen LogP contribution in [0.4, 0.5) is 0 Å². The molecule has 1 N–H and O–H groups in total. The maximum absolute atomic E-state index is 6.88. The van der Waals surface area contributed by atoms with Crippen molar-refractivity contribution in [3.05, 3.63) is 0 Å². The second-order valence-corrected chi connectivity index (χ2v) is 2.87. The fourth-order valence-corrected chi connectivity index (χ4v) is 1.03. The lowest BCUT2D eigenvalue weighted by atomic mass is 10.1. The van der Waals surface area contributed by atoms with E-state index in [1.54, 1.807) is 0 Å². The topological polar surface area (TPSA) is 44.0 Å². The minimum atomic E-state index is 0.750. The second-order valence-electron chi connectivity index (χ2n) is 2.87. The van der Waals surface area contributed by atoms with Gasteiger partial charge in [-0.2, -0.15) is 5.26 Å². The summed E-state index contributed by atoms with van der Waals surface area (Å²) < 4.78 is 0. The van der Waals surface area contributed by atoms with Crippen molar-refractivity contribution >= 4 is 0 Å². The van der Waals surface area contributed by atoms with E-state index in [9.17, 15) is 0 Å². The molecule has 72 valence electrons. The first-order valence-corrected chi connectivity index (χ1v) is 4.86. The summed E-state index contributed by atoms with van der Waals surface area (Å²) in [6.45, 7) is 4.53. The van der Waals surface area contributed by atoms with Gasteiger partial charge in [0.2, 0.25) is 0 Å². The van der Waals surface area contributed by atoms with E-state index < -0.39 is 0 Å². The van der Waals surface area contributed by atoms with Gasteiger partial charge in [-0.15, -0.1) is 0 Å². The zero-order chi connectivity index (χ0) is 9.66. The molecule has 0 heterocycles. The van der Waals surface area contributed by atoms with Crippen molar-refractivity contribution < 1.29 is 5.11 Å². The lowest BCUT2D eigenvalue weighted by Crippen LogP contribution is -1.76. The summed E-state index contributed by atoms with van der Waals surface area (Å²) >= 11 is 0. The zero-order valence-corrected chi connectivity index (χ0v) is 8.34. The Morgan fingerprint density at radius 2 is 1.17 bits per heavy atom. The van der Waals surface area contributed by atoms with Crippen LogP contribution in [0.2, 0.25) is 0 Å². The maximum atomic E-state index is 6.88. The van der Waals surface area contributed by atoms with E-state index in [0.717, 1.165) is 6.26 Å². The van der Waals surface area contributed by atoms with Gasteiger partial charge >= 0.3 is 0 Å². The highest BCUT2D eigenvalue weighted by Crippen LogP contribution is 2.05. The van der Waals surface area contributed by atoms with E-state index in [0.29, 0.717) is 0 Å². The Balaban J connectivity index is 0. The number of unbranched alkanes of at least 4 members (excludes halogenated alkanes) is 6. The molecular weight excluding hydrogens is 150 g/mol. The van der Waals surface area contributed by atoms with Crippen LogP contribution in [0.25, 0.3) is 0 Å². The molecule has 2 heteroatoms. The fourth-order valence-electron chi connectivity index (χ4n) is 1.03. The first-order valence-electron chi connectivity index (χ1n) is 4.86. The van der Waals surface area contributed by atoms with Gasteiger partial charge in [0.15, 0.2) is 0 Å². The highest BCUT2D eigenvalue weighted by atomic mass is 16.2. The largest absolute Gasteiger partial charge is 0.443 e. The summed E-state index contributed by atoms with van der Waals surface area (Å²) in [7, 11) is 0. The first-order chi connectivity index (χ1) is 5.83. The lowest BCUT2D eigenvalue weighted by Gasteiger charge is -1.96. The predicted octanol–water partition coefficient (Wildman–Crippen LogP) is 3.60. The van der Waals surface area contributed by atoms with Crippen molar-refractivity contribution in [3.8, 4) is 6.26 Å². The molecule has 0 unspecified atom stereocenters. The Labute approximate surface area is 76.2 Å². The van der Waals surface area contributed by atoms with E-state index in [1.165, 1.54) is 44.9 Å². The van der Waals surface area contributed by atoms with Gasteiger partial charge in [-0.05, 0) is 0 Å². The number of rotatable bonds is 6. The molecule has 0 aromatic heterocycles. The third kappa shape index (κ3) is 22.8. The van der Waals surface area contributed by atoms with E-state index in [1.807, 2.05) is 0 Å². The maximum Gasteiger partial charge on any atom is 0.283 e. The molecule has 0 aliphatic rings.